The predicted molar refractivity (Wildman–Crippen MR) is 82.8 cm³/mol. The quantitative estimate of drug-likeness (QED) is 0.824. The maximum Gasteiger partial charge on any atom is 0.0306 e. The van der Waals surface area contributed by atoms with E-state index in [0.29, 0.717) is 5.92 Å². The fourth-order valence-electron chi connectivity index (χ4n) is 3.02. The van der Waals surface area contributed by atoms with E-state index in [2.05, 4.69) is 63.3 Å². The van der Waals surface area contributed by atoms with Crippen molar-refractivity contribution in [3.63, 3.8) is 0 Å². The van der Waals surface area contributed by atoms with Crippen LogP contribution in [0.2, 0.25) is 0 Å². The fourth-order valence-corrected chi connectivity index (χ4v) is 3.02. The van der Waals surface area contributed by atoms with E-state index in [4.69, 9.17) is 5.73 Å². The minimum atomic E-state index is 0.140. The van der Waals surface area contributed by atoms with Crippen molar-refractivity contribution in [1.29, 1.82) is 0 Å². The van der Waals surface area contributed by atoms with Gasteiger partial charge in [-0.25, -0.2) is 0 Å². The van der Waals surface area contributed by atoms with Crippen molar-refractivity contribution in [2.45, 2.75) is 46.0 Å². The van der Waals surface area contributed by atoms with Crippen LogP contribution in [-0.2, 0) is 0 Å². The number of rotatable bonds is 4. The molecule has 1 aliphatic rings. The molecule has 1 aliphatic carbocycles. The third-order valence-electron chi connectivity index (χ3n) is 4.30. The van der Waals surface area contributed by atoms with Gasteiger partial charge < -0.3 is 5.73 Å². The average Bonchev–Trinajstić information content (AvgIpc) is 2.42. The molecule has 0 bridgehead atoms. The lowest BCUT2D eigenvalue weighted by atomic mass is 9.67. The van der Waals surface area contributed by atoms with Gasteiger partial charge in [-0.2, -0.15) is 0 Å². The highest BCUT2D eigenvalue weighted by molar-refractivity contribution is 5.41. The molecule has 0 saturated carbocycles. The van der Waals surface area contributed by atoms with Gasteiger partial charge in [-0.15, -0.1) is 0 Å². The van der Waals surface area contributed by atoms with E-state index < -0.39 is 0 Å². The van der Waals surface area contributed by atoms with Crippen molar-refractivity contribution in [2.75, 3.05) is 0 Å². The second kappa shape index (κ2) is 5.64. The van der Waals surface area contributed by atoms with Crippen LogP contribution in [0.15, 0.2) is 53.8 Å². The highest BCUT2D eigenvalue weighted by atomic mass is 14.6. The summed E-state index contributed by atoms with van der Waals surface area (Å²) in [5, 5.41) is 0. The third kappa shape index (κ3) is 2.91. The standard InChI is InChI=1S/C18H25N/c1-4-5-11-18(3)13-17(19)14(2)12-16(18)15-9-7-6-8-10-15/h6-10,12-13,16H,4-5,11,19H2,1-3H3. The molecule has 0 saturated heterocycles. The zero-order valence-corrected chi connectivity index (χ0v) is 12.3. The van der Waals surface area contributed by atoms with E-state index in [1.165, 1.54) is 30.4 Å². The van der Waals surface area contributed by atoms with Gasteiger partial charge in [0.2, 0.25) is 0 Å². The molecule has 2 N–H and O–H groups in total. The van der Waals surface area contributed by atoms with Gasteiger partial charge in [0, 0.05) is 11.6 Å². The molecule has 2 atom stereocenters. The Morgan fingerprint density at radius 3 is 2.53 bits per heavy atom. The number of benzene rings is 1. The number of hydrogen-bond donors (Lipinski definition) is 1. The summed E-state index contributed by atoms with van der Waals surface area (Å²) in [5.74, 6) is 0.438. The Bertz CT molecular complexity index is 484. The Morgan fingerprint density at radius 2 is 1.89 bits per heavy atom. The summed E-state index contributed by atoms with van der Waals surface area (Å²) >= 11 is 0. The Balaban J connectivity index is 2.38. The summed E-state index contributed by atoms with van der Waals surface area (Å²) in [6.45, 7) is 6.70. The maximum atomic E-state index is 6.16. The van der Waals surface area contributed by atoms with E-state index in [1.54, 1.807) is 0 Å². The summed E-state index contributed by atoms with van der Waals surface area (Å²) in [6.07, 6.45) is 8.30. The number of hydrogen-bond acceptors (Lipinski definition) is 1. The van der Waals surface area contributed by atoms with Gasteiger partial charge in [-0.05, 0) is 29.9 Å². The van der Waals surface area contributed by atoms with Gasteiger partial charge in [0.15, 0.2) is 0 Å². The van der Waals surface area contributed by atoms with Crippen LogP contribution in [0.4, 0.5) is 0 Å². The Labute approximate surface area is 117 Å². The van der Waals surface area contributed by atoms with Crippen molar-refractivity contribution >= 4 is 0 Å². The molecule has 2 unspecified atom stereocenters. The molecule has 0 heterocycles. The van der Waals surface area contributed by atoms with E-state index in [1.807, 2.05) is 0 Å². The van der Waals surface area contributed by atoms with Crippen molar-refractivity contribution < 1.29 is 0 Å². The molecule has 1 aromatic rings. The van der Waals surface area contributed by atoms with Gasteiger partial charge in [0.1, 0.15) is 0 Å². The summed E-state index contributed by atoms with van der Waals surface area (Å²) in [5.41, 5.74) is 9.85. The monoisotopic (exact) mass is 255 g/mol. The fraction of sp³-hybridized carbons (Fsp3) is 0.444. The van der Waals surface area contributed by atoms with Crippen LogP contribution in [0.3, 0.4) is 0 Å². The normalized spacial score (nSPS) is 26.8. The highest BCUT2D eigenvalue weighted by Gasteiger charge is 2.34. The molecule has 1 heteroatoms. The summed E-state index contributed by atoms with van der Waals surface area (Å²) in [4.78, 5) is 0. The Kier molecular flexibility index (Phi) is 4.14. The molecule has 1 nitrogen and oxygen atoms in total. The van der Waals surface area contributed by atoms with Gasteiger partial charge in [-0.3, -0.25) is 0 Å². The lowest BCUT2D eigenvalue weighted by Crippen LogP contribution is -2.27. The van der Waals surface area contributed by atoms with Crippen LogP contribution in [0.5, 0.6) is 0 Å². The van der Waals surface area contributed by atoms with Crippen molar-refractivity contribution in [3.8, 4) is 0 Å². The van der Waals surface area contributed by atoms with Crippen LogP contribution in [0, 0.1) is 5.41 Å². The molecule has 0 fully saturated rings. The lowest BCUT2D eigenvalue weighted by molar-refractivity contribution is 0.331. The zero-order valence-electron chi connectivity index (χ0n) is 12.3. The number of allylic oxidation sites excluding steroid dienone is 3. The first-order chi connectivity index (χ1) is 9.07. The molecule has 0 radical (unpaired) electrons. The smallest absolute Gasteiger partial charge is 0.0306 e. The first-order valence-electron chi connectivity index (χ1n) is 7.29. The molecule has 19 heavy (non-hydrogen) atoms. The summed E-state index contributed by atoms with van der Waals surface area (Å²) in [6, 6.07) is 10.8. The average molecular weight is 255 g/mol. The topological polar surface area (TPSA) is 26.0 Å². The summed E-state index contributed by atoms with van der Waals surface area (Å²) < 4.78 is 0. The first kappa shape index (κ1) is 13.9. The first-order valence-corrected chi connectivity index (χ1v) is 7.29. The predicted octanol–water partition coefficient (Wildman–Crippen LogP) is 4.77. The Morgan fingerprint density at radius 1 is 1.21 bits per heavy atom. The van der Waals surface area contributed by atoms with Crippen LogP contribution in [0.1, 0.15) is 51.5 Å². The summed E-state index contributed by atoms with van der Waals surface area (Å²) in [7, 11) is 0. The second-order valence-electron chi connectivity index (χ2n) is 5.95. The molecule has 0 aliphatic heterocycles. The van der Waals surface area contributed by atoms with Gasteiger partial charge >= 0.3 is 0 Å². The van der Waals surface area contributed by atoms with E-state index in [0.717, 1.165) is 5.70 Å². The Hall–Kier alpha value is -1.50. The highest BCUT2D eigenvalue weighted by Crippen LogP contribution is 2.46. The van der Waals surface area contributed by atoms with Crippen LogP contribution in [0.25, 0.3) is 0 Å². The van der Waals surface area contributed by atoms with E-state index in [9.17, 15) is 0 Å². The number of nitrogens with two attached hydrogens (primary N) is 1. The maximum absolute atomic E-state index is 6.16. The molecule has 2 rings (SSSR count). The van der Waals surface area contributed by atoms with E-state index >= 15 is 0 Å². The van der Waals surface area contributed by atoms with Gasteiger partial charge in [-0.1, -0.05) is 69.2 Å². The molecule has 0 amide bonds. The van der Waals surface area contributed by atoms with Crippen LogP contribution < -0.4 is 5.73 Å². The van der Waals surface area contributed by atoms with Gasteiger partial charge in [0.05, 0.1) is 0 Å². The van der Waals surface area contributed by atoms with Crippen LogP contribution >= 0.6 is 0 Å². The second-order valence-corrected chi connectivity index (χ2v) is 5.95. The third-order valence-corrected chi connectivity index (χ3v) is 4.30. The lowest BCUT2D eigenvalue weighted by Gasteiger charge is -2.38. The largest absolute Gasteiger partial charge is 0.399 e. The van der Waals surface area contributed by atoms with Crippen molar-refractivity contribution in [1.82, 2.24) is 0 Å². The number of unbranched alkanes of at least 4 members (excludes halogenated alkanes) is 1. The molecular weight excluding hydrogens is 230 g/mol. The molecule has 0 spiro atoms. The minimum absolute atomic E-state index is 0.140. The molecular formula is C18H25N. The minimum Gasteiger partial charge on any atom is -0.399 e. The van der Waals surface area contributed by atoms with Crippen LogP contribution in [-0.4, -0.2) is 0 Å². The van der Waals surface area contributed by atoms with Crippen molar-refractivity contribution in [2.24, 2.45) is 11.1 Å². The van der Waals surface area contributed by atoms with Gasteiger partial charge in [0.25, 0.3) is 0 Å². The SMILES string of the molecule is CCCCC1(C)C=C(N)C(C)=CC1c1ccccc1. The molecule has 1 aromatic carbocycles. The molecule has 102 valence electrons. The zero-order chi connectivity index (χ0) is 13.9. The van der Waals surface area contributed by atoms with E-state index in [-0.39, 0.29) is 5.41 Å². The van der Waals surface area contributed by atoms with Crippen molar-refractivity contribution in [3.05, 3.63) is 59.3 Å². The molecule has 0 aromatic heterocycles.